The summed E-state index contributed by atoms with van der Waals surface area (Å²) in [6.45, 7) is 2.97. The summed E-state index contributed by atoms with van der Waals surface area (Å²) < 4.78 is 0. The zero-order valence-corrected chi connectivity index (χ0v) is 10.7. The van der Waals surface area contributed by atoms with Crippen molar-refractivity contribution in [3.63, 3.8) is 0 Å². The molecular formula is C12H19N3O3. The molecule has 0 saturated heterocycles. The Hall–Kier alpha value is -1.66. The number of nitro groups is 1. The maximum atomic E-state index is 10.8. The lowest BCUT2D eigenvalue weighted by atomic mass is 10.1. The number of hydrogen-bond donors (Lipinski definition) is 2. The molecule has 0 radical (unpaired) electrons. The van der Waals surface area contributed by atoms with Crippen LogP contribution >= 0.6 is 0 Å². The minimum atomic E-state index is -0.478. The van der Waals surface area contributed by atoms with E-state index in [9.17, 15) is 15.2 Å². The number of anilines is 1. The smallest absolute Gasteiger partial charge is 0.292 e. The van der Waals surface area contributed by atoms with Crippen LogP contribution in [0.15, 0.2) is 18.2 Å². The maximum absolute atomic E-state index is 10.8. The zero-order chi connectivity index (χ0) is 13.7. The van der Waals surface area contributed by atoms with E-state index in [-0.39, 0.29) is 17.5 Å². The fraction of sp³-hybridized carbons (Fsp3) is 0.500. The predicted octanol–water partition coefficient (Wildman–Crippen LogP) is 1.38. The number of hydrogen-bond acceptors (Lipinski definition) is 5. The second kappa shape index (κ2) is 6.32. The lowest BCUT2D eigenvalue weighted by Crippen LogP contribution is -2.22. The quantitative estimate of drug-likeness (QED) is 0.454. The first-order chi connectivity index (χ1) is 8.41. The first-order valence-electron chi connectivity index (χ1n) is 5.80. The highest BCUT2D eigenvalue weighted by Gasteiger charge is 2.15. The summed E-state index contributed by atoms with van der Waals surface area (Å²) in [7, 11) is 1.89. The van der Waals surface area contributed by atoms with Gasteiger partial charge in [0, 0.05) is 19.2 Å². The number of nitrogen functional groups attached to an aromatic ring is 1. The van der Waals surface area contributed by atoms with Gasteiger partial charge in [0.05, 0.1) is 11.0 Å². The summed E-state index contributed by atoms with van der Waals surface area (Å²) in [6, 6.07) is 4.81. The van der Waals surface area contributed by atoms with Gasteiger partial charge in [-0.1, -0.05) is 12.1 Å². The topological polar surface area (TPSA) is 92.6 Å². The average Bonchev–Trinajstić information content (AvgIpc) is 2.29. The van der Waals surface area contributed by atoms with E-state index in [1.54, 1.807) is 19.1 Å². The van der Waals surface area contributed by atoms with Gasteiger partial charge in [0.15, 0.2) is 0 Å². The van der Waals surface area contributed by atoms with Gasteiger partial charge in [-0.05, 0) is 26.0 Å². The second-order valence-electron chi connectivity index (χ2n) is 4.48. The third-order valence-electron chi connectivity index (χ3n) is 2.74. The molecule has 0 spiro atoms. The molecule has 6 heteroatoms. The van der Waals surface area contributed by atoms with Crippen LogP contribution in [0.5, 0.6) is 0 Å². The minimum Gasteiger partial charge on any atom is -0.393 e. The van der Waals surface area contributed by atoms with Crippen LogP contribution in [0.4, 0.5) is 11.4 Å². The van der Waals surface area contributed by atoms with Crippen molar-refractivity contribution in [2.75, 3.05) is 19.3 Å². The van der Waals surface area contributed by atoms with Crippen LogP contribution in [0, 0.1) is 10.1 Å². The fourth-order valence-electron chi connectivity index (χ4n) is 1.67. The maximum Gasteiger partial charge on any atom is 0.292 e. The van der Waals surface area contributed by atoms with Crippen LogP contribution in [0.25, 0.3) is 0 Å². The summed E-state index contributed by atoms with van der Waals surface area (Å²) in [6.07, 6.45) is 0.306. The lowest BCUT2D eigenvalue weighted by molar-refractivity contribution is -0.384. The van der Waals surface area contributed by atoms with Crippen LogP contribution in [-0.2, 0) is 6.54 Å². The number of aliphatic hydroxyl groups excluding tert-OH is 1. The highest BCUT2D eigenvalue weighted by Crippen LogP contribution is 2.25. The molecule has 0 aliphatic carbocycles. The van der Waals surface area contributed by atoms with Crippen molar-refractivity contribution in [3.8, 4) is 0 Å². The summed E-state index contributed by atoms with van der Waals surface area (Å²) >= 11 is 0. The molecular weight excluding hydrogens is 234 g/mol. The molecule has 1 unspecified atom stereocenters. The molecule has 0 fully saturated rings. The van der Waals surface area contributed by atoms with E-state index in [0.29, 0.717) is 19.5 Å². The van der Waals surface area contributed by atoms with Gasteiger partial charge in [-0.3, -0.25) is 10.1 Å². The number of nitro benzene ring substituents is 1. The summed E-state index contributed by atoms with van der Waals surface area (Å²) in [5.41, 5.74) is 6.66. The number of nitrogens with two attached hydrogens (primary N) is 1. The second-order valence-corrected chi connectivity index (χ2v) is 4.48. The number of rotatable bonds is 6. The molecule has 1 aromatic carbocycles. The third-order valence-corrected chi connectivity index (χ3v) is 2.74. The van der Waals surface area contributed by atoms with E-state index in [2.05, 4.69) is 0 Å². The Bertz CT molecular complexity index is 421. The zero-order valence-electron chi connectivity index (χ0n) is 10.7. The Morgan fingerprint density at radius 2 is 2.22 bits per heavy atom. The van der Waals surface area contributed by atoms with E-state index in [1.165, 1.54) is 6.07 Å². The van der Waals surface area contributed by atoms with Crippen molar-refractivity contribution in [2.45, 2.75) is 26.0 Å². The number of para-hydroxylation sites is 1. The van der Waals surface area contributed by atoms with E-state index >= 15 is 0 Å². The third kappa shape index (κ3) is 3.97. The van der Waals surface area contributed by atoms with Gasteiger partial charge in [0.25, 0.3) is 5.69 Å². The van der Waals surface area contributed by atoms with E-state index in [0.717, 1.165) is 5.56 Å². The van der Waals surface area contributed by atoms with E-state index in [4.69, 9.17) is 5.73 Å². The SMILES string of the molecule is CC(O)CCN(C)Cc1cccc([N+](=O)[O-])c1N. The first kappa shape index (κ1) is 14.4. The van der Waals surface area contributed by atoms with Crippen LogP contribution in [0.2, 0.25) is 0 Å². The molecule has 0 aromatic heterocycles. The number of benzene rings is 1. The Morgan fingerprint density at radius 3 is 2.78 bits per heavy atom. The van der Waals surface area contributed by atoms with Crippen LogP contribution < -0.4 is 5.73 Å². The van der Waals surface area contributed by atoms with E-state index < -0.39 is 4.92 Å². The van der Waals surface area contributed by atoms with Gasteiger partial charge < -0.3 is 15.7 Å². The van der Waals surface area contributed by atoms with Gasteiger partial charge in [-0.15, -0.1) is 0 Å². The highest BCUT2D eigenvalue weighted by molar-refractivity contribution is 5.62. The van der Waals surface area contributed by atoms with Crippen molar-refractivity contribution < 1.29 is 10.0 Å². The molecule has 0 aliphatic rings. The molecule has 0 amide bonds. The molecule has 1 rings (SSSR count). The van der Waals surface area contributed by atoms with Crippen LogP contribution in [0.3, 0.4) is 0 Å². The fourth-order valence-corrected chi connectivity index (χ4v) is 1.67. The Morgan fingerprint density at radius 1 is 1.56 bits per heavy atom. The minimum absolute atomic E-state index is 0.0589. The average molecular weight is 253 g/mol. The van der Waals surface area contributed by atoms with Gasteiger partial charge in [-0.25, -0.2) is 0 Å². The molecule has 0 heterocycles. The first-order valence-corrected chi connectivity index (χ1v) is 5.80. The van der Waals surface area contributed by atoms with Crippen molar-refractivity contribution in [3.05, 3.63) is 33.9 Å². The summed E-state index contributed by atoms with van der Waals surface area (Å²) in [5, 5.41) is 20.0. The van der Waals surface area contributed by atoms with Gasteiger partial charge >= 0.3 is 0 Å². The normalized spacial score (nSPS) is 12.7. The molecule has 3 N–H and O–H groups in total. The van der Waals surface area contributed by atoms with Crippen molar-refractivity contribution in [2.24, 2.45) is 0 Å². The van der Waals surface area contributed by atoms with Crippen molar-refractivity contribution in [1.29, 1.82) is 0 Å². The standard InChI is InChI=1S/C12H19N3O3/c1-9(16)6-7-14(2)8-10-4-3-5-11(12(10)13)15(17)18/h3-5,9,16H,6-8,13H2,1-2H3. The molecule has 100 valence electrons. The van der Waals surface area contributed by atoms with Gasteiger partial charge in [-0.2, -0.15) is 0 Å². The summed E-state index contributed by atoms with van der Waals surface area (Å²) in [4.78, 5) is 12.3. The Kier molecular flexibility index (Phi) is 5.06. The Labute approximate surface area is 106 Å². The Balaban J connectivity index is 2.73. The highest BCUT2D eigenvalue weighted by atomic mass is 16.6. The predicted molar refractivity (Wildman–Crippen MR) is 70.1 cm³/mol. The molecule has 0 aliphatic heterocycles. The largest absolute Gasteiger partial charge is 0.393 e. The molecule has 0 bridgehead atoms. The molecule has 1 aromatic rings. The van der Waals surface area contributed by atoms with Crippen molar-refractivity contribution >= 4 is 11.4 Å². The van der Waals surface area contributed by atoms with Crippen LogP contribution in [-0.4, -0.2) is 34.6 Å². The monoisotopic (exact) mass is 253 g/mol. The molecule has 1 atom stereocenters. The molecule has 18 heavy (non-hydrogen) atoms. The lowest BCUT2D eigenvalue weighted by Gasteiger charge is -2.18. The number of aliphatic hydroxyl groups is 1. The van der Waals surface area contributed by atoms with Crippen molar-refractivity contribution in [1.82, 2.24) is 4.90 Å². The number of nitrogens with zero attached hydrogens (tertiary/aromatic N) is 2. The van der Waals surface area contributed by atoms with Gasteiger partial charge in [0.2, 0.25) is 0 Å². The van der Waals surface area contributed by atoms with E-state index in [1.807, 2.05) is 11.9 Å². The summed E-state index contributed by atoms with van der Waals surface area (Å²) in [5.74, 6) is 0. The molecule has 0 saturated carbocycles. The van der Waals surface area contributed by atoms with Crippen LogP contribution in [0.1, 0.15) is 18.9 Å². The molecule has 6 nitrogen and oxygen atoms in total. The van der Waals surface area contributed by atoms with Gasteiger partial charge in [0.1, 0.15) is 5.69 Å².